The lowest BCUT2D eigenvalue weighted by molar-refractivity contribution is 0.285. The van der Waals surface area contributed by atoms with Crippen molar-refractivity contribution in [3.63, 3.8) is 0 Å². The number of nitrogens with one attached hydrogen (secondary N) is 1. The largest absolute Gasteiger partial charge is 0.490 e. The number of hydrogen-bond donors (Lipinski definition) is 3. The van der Waals surface area contributed by atoms with Gasteiger partial charge in [-0.2, -0.15) is 0 Å². The molecule has 1 aromatic carbocycles. The van der Waals surface area contributed by atoms with Gasteiger partial charge in [-0.25, -0.2) is 4.39 Å². The van der Waals surface area contributed by atoms with E-state index in [1.54, 1.807) is 12.1 Å². The monoisotopic (exact) mass is 362 g/mol. The van der Waals surface area contributed by atoms with Crippen LogP contribution in [0.5, 0.6) is 5.75 Å². The predicted molar refractivity (Wildman–Crippen MR) is 110 cm³/mol. The molecule has 1 fully saturated rings. The summed E-state index contributed by atoms with van der Waals surface area (Å²) in [5, 5.41) is 10.1. The summed E-state index contributed by atoms with van der Waals surface area (Å²) >= 11 is 0. The van der Waals surface area contributed by atoms with E-state index in [-0.39, 0.29) is 14.7 Å². The molecule has 0 bridgehead atoms. The quantitative estimate of drug-likeness (QED) is 0.654. The van der Waals surface area contributed by atoms with Crippen molar-refractivity contribution in [1.82, 2.24) is 5.32 Å². The van der Waals surface area contributed by atoms with E-state index >= 15 is 0 Å². The van der Waals surface area contributed by atoms with Crippen molar-refractivity contribution in [2.24, 2.45) is 11.7 Å². The second-order valence-electron chi connectivity index (χ2n) is 5.60. The third kappa shape index (κ3) is 12.8. The highest BCUT2D eigenvalue weighted by Gasteiger charge is 2.22. The Hall–Kier alpha value is -1.17. The van der Waals surface area contributed by atoms with Crippen molar-refractivity contribution in [2.75, 3.05) is 27.3 Å². The fraction of sp³-hybridized carbons (Fsp3) is 0.700. The second kappa shape index (κ2) is 17.6. The van der Waals surface area contributed by atoms with Crippen LogP contribution in [0.3, 0.4) is 0 Å². The first-order valence-electron chi connectivity index (χ1n) is 9.36. The fourth-order valence-corrected chi connectivity index (χ4v) is 1.76. The van der Waals surface area contributed by atoms with Crippen molar-refractivity contribution in [3.05, 3.63) is 29.6 Å². The van der Waals surface area contributed by atoms with E-state index in [1.165, 1.54) is 31.7 Å². The van der Waals surface area contributed by atoms with Crippen molar-refractivity contribution >= 4 is 0 Å². The molecule has 0 spiro atoms. The molecule has 1 aromatic rings. The number of benzene rings is 1. The summed E-state index contributed by atoms with van der Waals surface area (Å²) in [5.74, 6) is 0.754. The molecular weight excluding hydrogens is 319 g/mol. The Kier molecular flexibility index (Phi) is 18.4. The topological polar surface area (TPSA) is 67.5 Å². The summed E-state index contributed by atoms with van der Waals surface area (Å²) in [6.45, 7) is 9.66. The van der Waals surface area contributed by atoms with Gasteiger partial charge in [0.1, 0.15) is 0 Å². The van der Waals surface area contributed by atoms with Gasteiger partial charge in [0.2, 0.25) is 0 Å². The maximum absolute atomic E-state index is 13.5. The first-order chi connectivity index (χ1) is 12.1. The Balaban J connectivity index is -0.000000208. The lowest BCUT2D eigenvalue weighted by Gasteiger charge is -2.13. The molecule has 0 unspecified atom stereocenters. The molecule has 0 saturated heterocycles. The van der Waals surface area contributed by atoms with Gasteiger partial charge >= 0.3 is 0 Å². The van der Waals surface area contributed by atoms with E-state index in [2.05, 4.69) is 12.2 Å². The molecule has 0 radical (unpaired) electrons. The number of ether oxygens (including phenoxy) is 1. The molecule has 1 atom stereocenters. The van der Waals surface area contributed by atoms with E-state index in [9.17, 15) is 4.39 Å². The summed E-state index contributed by atoms with van der Waals surface area (Å²) in [6.07, 6.45) is 4.82. The number of unbranched alkanes of at least 4 members (excludes halogenated alkanes) is 1. The van der Waals surface area contributed by atoms with Crippen LogP contribution in [-0.2, 0) is 0 Å². The second-order valence-corrected chi connectivity index (χ2v) is 5.60. The lowest BCUT2D eigenvalue weighted by Crippen LogP contribution is -2.12. The Bertz CT molecular complexity index is 421. The van der Waals surface area contributed by atoms with E-state index in [0.717, 1.165) is 19.2 Å². The average molecular weight is 363 g/mol. The molecule has 1 aliphatic carbocycles. The van der Waals surface area contributed by atoms with Gasteiger partial charge < -0.3 is 20.9 Å². The highest BCUT2D eigenvalue weighted by atomic mass is 19.1. The smallest absolute Gasteiger partial charge is 0.165 e. The number of rotatable bonds is 7. The molecule has 0 aliphatic heterocycles. The summed E-state index contributed by atoms with van der Waals surface area (Å²) in [6, 6.07) is 5.27. The minimum atomic E-state index is -0.271. The molecule has 25 heavy (non-hydrogen) atoms. The normalized spacial score (nSPS) is 13.2. The molecule has 0 amide bonds. The minimum Gasteiger partial charge on any atom is -0.490 e. The van der Waals surface area contributed by atoms with Crippen LogP contribution in [0.1, 0.15) is 67.8 Å². The fourth-order valence-electron chi connectivity index (χ4n) is 1.76. The molecule has 152 valence electrons. The van der Waals surface area contributed by atoms with Gasteiger partial charge in [-0.15, -0.1) is 0 Å². The predicted octanol–water partition coefficient (Wildman–Crippen LogP) is 4.77. The first-order valence-corrected chi connectivity index (χ1v) is 9.36. The van der Waals surface area contributed by atoms with Gasteiger partial charge in [-0.3, -0.25) is 0 Å². The molecule has 0 heterocycles. The van der Waals surface area contributed by atoms with Crippen molar-refractivity contribution in [2.45, 2.75) is 59.4 Å². The van der Waals surface area contributed by atoms with Gasteiger partial charge in [0, 0.05) is 16.0 Å². The van der Waals surface area contributed by atoms with E-state index in [4.69, 9.17) is 15.6 Å². The van der Waals surface area contributed by atoms with Crippen LogP contribution >= 0.6 is 0 Å². The van der Waals surface area contributed by atoms with Crippen LogP contribution < -0.4 is 15.8 Å². The molecule has 0 aromatic heterocycles. The van der Waals surface area contributed by atoms with Crippen LogP contribution in [0.2, 0.25) is 0 Å². The zero-order valence-electron chi connectivity index (χ0n) is 16.9. The number of halogens is 1. The molecule has 4 N–H and O–H groups in total. The molecule has 2 rings (SSSR count). The van der Waals surface area contributed by atoms with Gasteiger partial charge in [-0.05, 0) is 63.4 Å². The highest BCUT2D eigenvalue weighted by Crippen LogP contribution is 2.30. The molecular formula is C20H43FN2O2. The minimum absolute atomic E-state index is 0. The zero-order valence-corrected chi connectivity index (χ0v) is 16.9. The van der Waals surface area contributed by atoms with Crippen LogP contribution in [0.15, 0.2) is 18.2 Å². The van der Waals surface area contributed by atoms with Crippen molar-refractivity contribution in [3.8, 4) is 5.75 Å². The Morgan fingerprint density at radius 3 is 2.36 bits per heavy atom. The van der Waals surface area contributed by atoms with Gasteiger partial charge in [0.25, 0.3) is 0 Å². The van der Waals surface area contributed by atoms with E-state index in [0.29, 0.717) is 18.3 Å². The number of aliphatic hydroxyl groups is 1. The Labute approximate surface area is 156 Å². The third-order valence-corrected chi connectivity index (χ3v) is 3.62. The summed E-state index contributed by atoms with van der Waals surface area (Å²) in [4.78, 5) is 0. The molecule has 1 aliphatic rings. The van der Waals surface area contributed by atoms with E-state index < -0.39 is 0 Å². The summed E-state index contributed by atoms with van der Waals surface area (Å²) in [7, 11) is 2.89. The van der Waals surface area contributed by atoms with Crippen molar-refractivity contribution < 1.29 is 17.1 Å². The third-order valence-electron chi connectivity index (χ3n) is 3.62. The van der Waals surface area contributed by atoms with Gasteiger partial charge in [0.05, 0.1) is 6.61 Å². The number of nitrogens with two attached hydrogens (primary N) is 1. The molecule has 4 nitrogen and oxygen atoms in total. The first kappa shape index (κ1) is 26.1. The highest BCUT2D eigenvalue weighted by molar-refractivity contribution is 5.32. The van der Waals surface area contributed by atoms with Gasteiger partial charge in [-0.1, -0.05) is 33.3 Å². The van der Waals surface area contributed by atoms with Gasteiger partial charge in [0.15, 0.2) is 11.6 Å². The standard InChI is InChI=1S/C13H18FNO.C4H11N.C2H6.CH4O.2H2/c1-9(15-2)11-5-6-12(14)13(7-11)16-8-10-3-4-10;1-2-3-4-5;2*1-2;;/h5-7,9-10,15H,3-4,8H2,1-2H3;2-5H2,1H3;1-2H3;2H,1H3;2*1H/t9-;;;;;/m1...../s1. The summed E-state index contributed by atoms with van der Waals surface area (Å²) in [5.41, 5.74) is 6.19. The van der Waals surface area contributed by atoms with Crippen molar-refractivity contribution in [1.29, 1.82) is 0 Å². The summed E-state index contributed by atoms with van der Waals surface area (Å²) < 4.78 is 19.0. The molecule has 1 saturated carbocycles. The maximum atomic E-state index is 13.5. The average Bonchev–Trinajstić information content (AvgIpc) is 3.49. The van der Waals surface area contributed by atoms with Crippen LogP contribution in [0, 0.1) is 11.7 Å². The lowest BCUT2D eigenvalue weighted by atomic mass is 10.1. The van der Waals surface area contributed by atoms with Crippen LogP contribution in [0.25, 0.3) is 0 Å². The van der Waals surface area contributed by atoms with Crippen LogP contribution in [-0.4, -0.2) is 32.4 Å². The maximum Gasteiger partial charge on any atom is 0.165 e. The Morgan fingerprint density at radius 2 is 1.96 bits per heavy atom. The number of hydrogen-bond acceptors (Lipinski definition) is 4. The van der Waals surface area contributed by atoms with E-state index in [1.807, 2.05) is 27.8 Å². The molecule has 5 heteroatoms. The number of aliphatic hydroxyl groups excluding tert-OH is 1. The zero-order chi connectivity index (χ0) is 19.7. The SMILES string of the molecule is CC.CCCCN.CN[C@H](C)c1ccc(F)c(OCC2CC2)c1.CO.[HH].[HH]. The van der Waals surface area contributed by atoms with Crippen LogP contribution in [0.4, 0.5) is 4.39 Å². The Morgan fingerprint density at radius 1 is 1.36 bits per heavy atom.